The second kappa shape index (κ2) is 10.3. The van der Waals surface area contributed by atoms with Gasteiger partial charge < -0.3 is 14.8 Å². The van der Waals surface area contributed by atoms with Gasteiger partial charge in [-0.2, -0.15) is 0 Å². The molecule has 0 saturated heterocycles. The Hall–Kier alpha value is -1.13. The lowest BCUT2D eigenvalue weighted by Crippen LogP contribution is -2.24. The number of halogens is 3. The number of hydrogen-bond donors (Lipinski definition) is 1. The number of hydrogen-bond acceptors (Lipinski definition) is 3. The predicted octanol–water partition coefficient (Wildman–Crippen LogP) is 6.51. The summed E-state index contributed by atoms with van der Waals surface area (Å²) >= 11 is 18.9. The Kier molecular flexibility index (Phi) is 8.36. The second-order valence-electron chi connectivity index (χ2n) is 6.00. The lowest BCUT2D eigenvalue weighted by Gasteiger charge is -2.17. The Bertz CT molecular complexity index is 717. The molecule has 1 atom stereocenters. The van der Waals surface area contributed by atoms with Crippen LogP contribution in [0.15, 0.2) is 30.3 Å². The smallest absolute Gasteiger partial charge is 0.163 e. The molecular weight excluding hydrogens is 393 g/mol. The highest BCUT2D eigenvalue weighted by molar-refractivity contribution is 6.36. The van der Waals surface area contributed by atoms with Crippen LogP contribution in [0.25, 0.3) is 0 Å². The van der Waals surface area contributed by atoms with E-state index < -0.39 is 0 Å². The largest absolute Gasteiger partial charge is 0.490 e. The molecule has 0 saturated carbocycles. The molecule has 0 radical (unpaired) electrons. The highest BCUT2D eigenvalue weighted by Crippen LogP contribution is 2.35. The van der Waals surface area contributed by atoms with Gasteiger partial charge in [-0.05, 0) is 44.0 Å². The third-order valence-corrected chi connectivity index (χ3v) is 5.16. The van der Waals surface area contributed by atoms with Gasteiger partial charge in [0.2, 0.25) is 0 Å². The van der Waals surface area contributed by atoms with Crippen LogP contribution >= 0.6 is 34.8 Å². The Labute approximate surface area is 170 Å². The first-order valence-corrected chi connectivity index (χ1v) is 9.83. The van der Waals surface area contributed by atoms with Crippen molar-refractivity contribution < 1.29 is 9.47 Å². The summed E-state index contributed by atoms with van der Waals surface area (Å²) in [5, 5.41) is 5.20. The average Bonchev–Trinajstić information content (AvgIpc) is 2.61. The van der Waals surface area contributed by atoms with Crippen molar-refractivity contribution in [3.05, 3.63) is 56.5 Å². The van der Waals surface area contributed by atoms with Crippen LogP contribution in [0, 0.1) is 0 Å². The summed E-state index contributed by atoms with van der Waals surface area (Å²) in [6.07, 6.45) is 1.05. The molecule has 2 aromatic rings. The minimum atomic E-state index is 0.235. The summed E-state index contributed by atoms with van der Waals surface area (Å²) in [5.74, 6) is 1.22. The molecule has 6 heteroatoms. The predicted molar refractivity (Wildman–Crippen MR) is 110 cm³/mol. The van der Waals surface area contributed by atoms with Crippen LogP contribution in [0.4, 0.5) is 0 Å². The van der Waals surface area contributed by atoms with Crippen molar-refractivity contribution in [1.82, 2.24) is 5.32 Å². The van der Waals surface area contributed by atoms with Crippen LogP contribution in [0.3, 0.4) is 0 Å². The Morgan fingerprint density at radius 3 is 2.23 bits per heavy atom. The van der Waals surface area contributed by atoms with Crippen LogP contribution in [0.2, 0.25) is 15.1 Å². The van der Waals surface area contributed by atoms with Gasteiger partial charge in [-0.15, -0.1) is 0 Å². The maximum atomic E-state index is 6.44. The van der Waals surface area contributed by atoms with Gasteiger partial charge in [0, 0.05) is 39.3 Å². The van der Waals surface area contributed by atoms with Crippen LogP contribution in [0.5, 0.6) is 11.5 Å². The lowest BCUT2D eigenvalue weighted by molar-refractivity contribution is 0.269. The molecule has 3 nitrogen and oxygen atoms in total. The van der Waals surface area contributed by atoms with Crippen molar-refractivity contribution in [2.75, 3.05) is 6.61 Å². The zero-order chi connectivity index (χ0) is 19.1. The molecule has 2 rings (SSSR count). The van der Waals surface area contributed by atoms with Crippen molar-refractivity contribution in [1.29, 1.82) is 0 Å². The third kappa shape index (κ3) is 5.68. The molecule has 0 spiro atoms. The standard InChI is InChI=1S/C20H24Cl3NO2/c1-4-13(3)24-11-14-9-19(25-5-2)20(10-18(14)23)26-12-15-16(21)7-6-8-17(15)22/h6-10,13,24H,4-5,11-12H2,1-3H3. The molecule has 0 aliphatic carbocycles. The molecule has 0 heterocycles. The van der Waals surface area contributed by atoms with E-state index in [9.17, 15) is 0 Å². The van der Waals surface area contributed by atoms with E-state index in [1.165, 1.54) is 0 Å². The second-order valence-corrected chi connectivity index (χ2v) is 7.22. The van der Waals surface area contributed by atoms with Gasteiger partial charge in [0.25, 0.3) is 0 Å². The van der Waals surface area contributed by atoms with Gasteiger partial charge in [0.05, 0.1) is 6.61 Å². The monoisotopic (exact) mass is 415 g/mol. The van der Waals surface area contributed by atoms with Gasteiger partial charge in [0.1, 0.15) is 6.61 Å². The van der Waals surface area contributed by atoms with E-state index >= 15 is 0 Å². The van der Waals surface area contributed by atoms with Crippen LogP contribution < -0.4 is 14.8 Å². The summed E-state index contributed by atoms with van der Waals surface area (Å²) in [6, 6.07) is 9.49. The highest BCUT2D eigenvalue weighted by atomic mass is 35.5. The first-order chi connectivity index (χ1) is 12.5. The highest BCUT2D eigenvalue weighted by Gasteiger charge is 2.14. The minimum absolute atomic E-state index is 0.235. The van der Waals surface area contributed by atoms with Crippen molar-refractivity contribution in [2.24, 2.45) is 0 Å². The lowest BCUT2D eigenvalue weighted by atomic mass is 10.1. The van der Waals surface area contributed by atoms with Crippen molar-refractivity contribution in [2.45, 2.75) is 46.4 Å². The molecule has 0 aromatic heterocycles. The molecule has 0 fully saturated rings. The summed E-state index contributed by atoms with van der Waals surface area (Å²) in [4.78, 5) is 0. The van der Waals surface area contributed by atoms with Crippen molar-refractivity contribution in [3.8, 4) is 11.5 Å². The van der Waals surface area contributed by atoms with E-state index in [0.717, 1.165) is 17.5 Å². The van der Waals surface area contributed by atoms with E-state index in [2.05, 4.69) is 19.2 Å². The maximum absolute atomic E-state index is 6.44. The summed E-state index contributed by atoms with van der Waals surface area (Å²) < 4.78 is 11.7. The fraction of sp³-hybridized carbons (Fsp3) is 0.400. The first kappa shape index (κ1) is 21.2. The Morgan fingerprint density at radius 1 is 0.962 bits per heavy atom. The topological polar surface area (TPSA) is 30.5 Å². The van der Waals surface area contributed by atoms with E-state index in [0.29, 0.717) is 45.8 Å². The van der Waals surface area contributed by atoms with Gasteiger partial charge in [-0.25, -0.2) is 0 Å². The van der Waals surface area contributed by atoms with Crippen molar-refractivity contribution in [3.63, 3.8) is 0 Å². The zero-order valence-electron chi connectivity index (χ0n) is 15.2. The van der Waals surface area contributed by atoms with Gasteiger partial charge in [0.15, 0.2) is 11.5 Å². The fourth-order valence-electron chi connectivity index (χ4n) is 2.34. The molecule has 1 unspecified atom stereocenters. The van der Waals surface area contributed by atoms with E-state index in [-0.39, 0.29) is 6.61 Å². The zero-order valence-corrected chi connectivity index (χ0v) is 17.5. The van der Waals surface area contributed by atoms with E-state index in [1.54, 1.807) is 24.3 Å². The molecule has 26 heavy (non-hydrogen) atoms. The van der Waals surface area contributed by atoms with Gasteiger partial charge >= 0.3 is 0 Å². The number of ether oxygens (including phenoxy) is 2. The Balaban J connectivity index is 2.20. The Morgan fingerprint density at radius 2 is 1.62 bits per heavy atom. The molecule has 0 aliphatic heterocycles. The van der Waals surface area contributed by atoms with Gasteiger partial charge in [-0.1, -0.05) is 47.8 Å². The number of benzene rings is 2. The third-order valence-electron chi connectivity index (χ3n) is 4.10. The molecule has 0 aliphatic rings. The SMILES string of the molecule is CCOc1cc(CNC(C)CC)c(Cl)cc1OCc1c(Cl)cccc1Cl. The quantitative estimate of drug-likeness (QED) is 0.505. The minimum Gasteiger partial charge on any atom is -0.490 e. The molecule has 0 amide bonds. The fourth-order valence-corrected chi connectivity index (χ4v) is 3.07. The summed E-state index contributed by atoms with van der Waals surface area (Å²) in [6.45, 7) is 7.65. The maximum Gasteiger partial charge on any atom is 0.163 e. The molecule has 2 aromatic carbocycles. The normalized spacial score (nSPS) is 12.1. The van der Waals surface area contributed by atoms with E-state index in [1.807, 2.05) is 13.0 Å². The van der Waals surface area contributed by atoms with Crippen LogP contribution in [-0.2, 0) is 13.2 Å². The summed E-state index contributed by atoms with van der Waals surface area (Å²) in [7, 11) is 0. The summed E-state index contributed by atoms with van der Waals surface area (Å²) in [5.41, 5.74) is 1.70. The number of nitrogens with one attached hydrogen (secondary N) is 1. The van der Waals surface area contributed by atoms with Crippen LogP contribution in [-0.4, -0.2) is 12.6 Å². The molecule has 0 bridgehead atoms. The molecule has 1 N–H and O–H groups in total. The molecular formula is C20H24Cl3NO2. The van der Waals surface area contributed by atoms with E-state index in [4.69, 9.17) is 44.3 Å². The average molecular weight is 417 g/mol. The van der Waals surface area contributed by atoms with Gasteiger partial charge in [-0.3, -0.25) is 0 Å². The number of rotatable bonds is 9. The molecule has 142 valence electrons. The van der Waals surface area contributed by atoms with Crippen molar-refractivity contribution >= 4 is 34.8 Å². The van der Waals surface area contributed by atoms with Crippen LogP contribution in [0.1, 0.15) is 38.3 Å². The first-order valence-electron chi connectivity index (χ1n) is 8.70.